The number of aromatic amines is 1. The fourth-order valence-electron chi connectivity index (χ4n) is 2.65. The van der Waals surface area contributed by atoms with E-state index in [0.717, 1.165) is 11.3 Å². The molecule has 0 radical (unpaired) electrons. The lowest BCUT2D eigenvalue weighted by atomic mass is 10.2. The van der Waals surface area contributed by atoms with E-state index in [1.165, 1.54) is 0 Å². The molecule has 7 heteroatoms. The lowest BCUT2D eigenvalue weighted by Crippen LogP contribution is -2.27. The average Bonchev–Trinajstić information content (AvgIpc) is 2.95. The van der Waals surface area contributed by atoms with Gasteiger partial charge in [0.1, 0.15) is 11.4 Å². The van der Waals surface area contributed by atoms with Crippen molar-refractivity contribution in [1.29, 1.82) is 0 Å². The number of ether oxygens (including phenoxy) is 1. The summed E-state index contributed by atoms with van der Waals surface area (Å²) in [6.45, 7) is 2.36. The fourth-order valence-corrected chi connectivity index (χ4v) is 3.16. The van der Waals surface area contributed by atoms with Gasteiger partial charge in [-0.25, -0.2) is 0 Å². The van der Waals surface area contributed by atoms with E-state index in [2.05, 4.69) is 10.2 Å². The van der Waals surface area contributed by atoms with Crippen molar-refractivity contribution in [2.45, 2.75) is 19.9 Å². The second kappa shape index (κ2) is 8.46. The number of carbonyl (C=O) groups is 1. The van der Waals surface area contributed by atoms with E-state index in [1.54, 1.807) is 30.1 Å². The number of amides is 1. The van der Waals surface area contributed by atoms with Gasteiger partial charge in [0.25, 0.3) is 0 Å². The number of H-pyrrole nitrogens is 1. The van der Waals surface area contributed by atoms with Crippen LogP contribution >= 0.6 is 23.2 Å². The zero-order valence-electron chi connectivity index (χ0n) is 15.0. The Balaban J connectivity index is 1.73. The summed E-state index contributed by atoms with van der Waals surface area (Å²) in [5.41, 5.74) is 2.32. The maximum absolute atomic E-state index is 12.6. The lowest BCUT2D eigenvalue weighted by molar-refractivity contribution is -0.129. The molecule has 1 amide bonds. The highest BCUT2D eigenvalue weighted by atomic mass is 35.5. The molecular weight excluding hydrogens is 385 g/mol. The van der Waals surface area contributed by atoms with Crippen LogP contribution < -0.4 is 4.74 Å². The Morgan fingerprint density at radius 1 is 1.15 bits per heavy atom. The minimum Gasteiger partial charge on any atom is -0.453 e. The number of hydrogen-bond acceptors (Lipinski definition) is 3. The number of carbonyl (C=O) groups excluding carboxylic acids is 1. The SMILES string of the molecule is Cc1[nH]nc(CC(=O)N(C)Cc2ccccc2)c1Oc1cc(Cl)cc(Cl)c1. The van der Waals surface area contributed by atoms with Crippen LogP contribution in [0.3, 0.4) is 0 Å². The van der Waals surface area contributed by atoms with Crippen molar-refractivity contribution in [3.8, 4) is 11.5 Å². The first-order chi connectivity index (χ1) is 12.9. The first kappa shape index (κ1) is 19.3. The average molecular weight is 404 g/mol. The molecule has 3 aromatic rings. The fraction of sp³-hybridized carbons (Fsp3) is 0.200. The van der Waals surface area contributed by atoms with E-state index in [0.29, 0.717) is 33.8 Å². The van der Waals surface area contributed by atoms with Gasteiger partial charge in [0.2, 0.25) is 5.91 Å². The Hall–Kier alpha value is -2.50. The van der Waals surface area contributed by atoms with Crippen LogP contribution in [0, 0.1) is 6.92 Å². The van der Waals surface area contributed by atoms with Crippen LogP contribution in [-0.4, -0.2) is 28.1 Å². The van der Waals surface area contributed by atoms with Crippen LogP contribution in [0.5, 0.6) is 11.5 Å². The molecule has 3 rings (SSSR count). The largest absolute Gasteiger partial charge is 0.453 e. The second-order valence-corrected chi connectivity index (χ2v) is 7.12. The Morgan fingerprint density at radius 2 is 1.81 bits per heavy atom. The summed E-state index contributed by atoms with van der Waals surface area (Å²) < 4.78 is 5.91. The molecule has 2 aromatic carbocycles. The number of likely N-dealkylation sites (N-methyl/N-ethyl adjacent to an activating group) is 1. The van der Waals surface area contributed by atoms with Gasteiger partial charge < -0.3 is 9.64 Å². The van der Waals surface area contributed by atoms with Crippen LogP contribution in [0.2, 0.25) is 10.0 Å². The van der Waals surface area contributed by atoms with Gasteiger partial charge in [-0.1, -0.05) is 53.5 Å². The topological polar surface area (TPSA) is 58.2 Å². The Morgan fingerprint density at radius 3 is 2.48 bits per heavy atom. The summed E-state index contributed by atoms with van der Waals surface area (Å²) in [6, 6.07) is 14.8. The Kier molecular flexibility index (Phi) is 6.04. The van der Waals surface area contributed by atoms with Crippen molar-refractivity contribution in [2.24, 2.45) is 0 Å². The van der Waals surface area contributed by atoms with Crippen LogP contribution in [0.15, 0.2) is 48.5 Å². The van der Waals surface area contributed by atoms with E-state index >= 15 is 0 Å². The molecule has 0 aliphatic carbocycles. The second-order valence-electron chi connectivity index (χ2n) is 6.24. The molecule has 0 aliphatic rings. The van der Waals surface area contributed by atoms with Gasteiger partial charge >= 0.3 is 0 Å². The Labute approximate surface area is 167 Å². The number of benzene rings is 2. The van der Waals surface area contributed by atoms with Crippen LogP contribution in [-0.2, 0) is 17.8 Å². The molecule has 0 unspecified atom stereocenters. The van der Waals surface area contributed by atoms with Gasteiger partial charge in [0.05, 0.1) is 12.1 Å². The van der Waals surface area contributed by atoms with E-state index in [9.17, 15) is 4.79 Å². The third-order valence-corrected chi connectivity index (χ3v) is 4.46. The molecule has 0 aliphatic heterocycles. The van der Waals surface area contributed by atoms with Crippen molar-refractivity contribution in [3.63, 3.8) is 0 Å². The monoisotopic (exact) mass is 403 g/mol. The molecule has 140 valence electrons. The first-order valence-corrected chi connectivity index (χ1v) is 9.13. The summed E-state index contributed by atoms with van der Waals surface area (Å²) in [5.74, 6) is 0.942. The summed E-state index contributed by atoms with van der Waals surface area (Å²) in [6.07, 6.45) is 0.122. The van der Waals surface area contributed by atoms with E-state index < -0.39 is 0 Å². The standard InChI is InChI=1S/C20H19Cl2N3O2/c1-13-20(27-17-9-15(21)8-16(22)10-17)18(24-23-13)11-19(26)25(2)12-14-6-4-3-5-7-14/h3-10H,11-12H2,1-2H3,(H,23,24). The predicted octanol–water partition coefficient (Wildman–Crippen LogP) is 5.02. The molecule has 27 heavy (non-hydrogen) atoms. The van der Waals surface area contributed by atoms with E-state index in [4.69, 9.17) is 27.9 Å². The van der Waals surface area contributed by atoms with E-state index in [-0.39, 0.29) is 12.3 Å². The highest BCUT2D eigenvalue weighted by molar-refractivity contribution is 6.34. The van der Waals surface area contributed by atoms with E-state index in [1.807, 2.05) is 37.3 Å². The van der Waals surface area contributed by atoms with Crippen molar-refractivity contribution in [1.82, 2.24) is 15.1 Å². The number of nitrogens with zero attached hydrogens (tertiary/aromatic N) is 2. The van der Waals surface area contributed by atoms with Crippen molar-refractivity contribution in [3.05, 3.63) is 75.5 Å². The van der Waals surface area contributed by atoms with Gasteiger partial charge in [0, 0.05) is 23.6 Å². The summed E-state index contributed by atoms with van der Waals surface area (Å²) in [5, 5.41) is 8.03. The molecule has 0 saturated heterocycles. The smallest absolute Gasteiger partial charge is 0.228 e. The molecule has 0 spiro atoms. The molecule has 0 atom stereocenters. The first-order valence-electron chi connectivity index (χ1n) is 8.38. The van der Waals surface area contributed by atoms with Crippen molar-refractivity contribution < 1.29 is 9.53 Å². The molecule has 0 bridgehead atoms. The van der Waals surface area contributed by atoms with Crippen molar-refractivity contribution >= 4 is 29.1 Å². The maximum atomic E-state index is 12.6. The number of hydrogen-bond donors (Lipinski definition) is 1. The summed E-state index contributed by atoms with van der Waals surface area (Å²) in [4.78, 5) is 14.3. The van der Waals surface area contributed by atoms with Crippen LogP contribution in [0.1, 0.15) is 17.0 Å². The minimum atomic E-state index is -0.0562. The number of nitrogens with one attached hydrogen (secondary N) is 1. The zero-order chi connectivity index (χ0) is 19.4. The molecule has 0 saturated carbocycles. The highest BCUT2D eigenvalue weighted by Crippen LogP contribution is 2.31. The maximum Gasteiger partial charge on any atom is 0.228 e. The lowest BCUT2D eigenvalue weighted by Gasteiger charge is -2.17. The highest BCUT2D eigenvalue weighted by Gasteiger charge is 2.19. The minimum absolute atomic E-state index is 0.0562. The number of halogens is 2. The van der Waals surface area contributed by atoms with Crippen molar-refractivity contribution in [2.75, 3.05) is 7.05 Å². The zero-order valence-corrected chi connectivity index (χ0v) is 16.5. The van der Waals surface area contributed by atoms with Gasteiger partial charge in [0.15, 0.2) is 5.75 Å². The molecule has 0 fully saturated rings. The quantitative estimate of drug-likeness (QED) is 0.628. The summed E-state index contributed by atoms with van der Waals surface area (Å²) in [7, 11) is 1.77. The van der Waals surface area contributed by atoms with Gasteiger partial charge in [-0.05, 0) is 30.7 Å². The van der Waals surface area contributed by atoms with Crippen LogP contribution in [0.25, 0.3) is 0 Å². The Bertz CT molecular complexity index is 921. The predicted molar refractivity (Wildman–Crippen MR) is 106 cm³/mol. The molecule has 1 N–H and O–H groups in total. The normalized spacial score (nSPS) is 10.7. The van der Waals surface area contributed by atoms with Gasteiger partial charge in [-0.3, -0.25) is 9.89 Å². The third kappa shape index (κ3) is 5.02. The molecule has 1 heterocycles. The number of aryl methyl sites for hydroxylation is 1. The molecule has 5 nitrogen and oxygen atoms in total. The molecule has 1 aromatic heterocycles. The van der Waals surface area contributed by atoms with Gasteiger partial charge in [-0.15, -0.1) is 0 Å². The van der Waals surface area contributed by atoms with Gasteiger partial charge in [-0.2, -0.15) is 5.10 Å². The number of rotatable bonds is 6. The van der Waals surface area contributed by atoms with Crippen LogP contribution in [0.4, 0.5) is 0 Å². The number of aromatic nitrogens is 2. The molecular formula is C20H19Cl2N3O2. The third-order valence-electron chi connectivity index (χ3n) is 4.02. The summed E-state index contributed by atoms with van der Waals surface area (Å²) >= 11 is 12.0.